The molecule has 1 aliphatic carbocycles. The van der Waals surface area contributed by atoms with E-state index in [9.17, 15) is 4.79 Å². The lowest BCUT2D eigenvalue weighted by Gasteiger charge is -2.35. The zero-order valence-corrected chi connectivity index (χ0v) is 15.8. The van der Waals surface area contributed by atoms with Gasteiger partial charge in [-0.25, -0.2) is 4.98 Å². The number of nitrogens with one attached hydrogen (secondary N) is 1. The quantitative estimate of drug-likeness (QED) is 0.886. The largest absolute Gasteiger partial charge is 0.354 e. The zero-order chi connectivity index (χ0) is 18.5. The molecule has 27 heavy (non-hydrogen) atoms. The standard InChI is InChI=1S/C22H28N4O/c27-22(24-20-8-4-5-9-20)19-10-11-23-21(16-19)26-14-12-25(13-15-26)17-18-6-2-1-3-7-18/h1-3,6-7,10-11,16,20H,4-5,8-9,12-15,17H2,(H,24,27). The summed E-state index contributed by atoms with van der Waals surface area (Å²) in [5.41, 5.74) is 2.08. The molecule has 1 amide bonds. The number of anilines is 1. The Balaban J connectivity index is 1.33. The third-order valence-electron chi connectivity index (χ3n) is 5.64. The van der Waals surface area contributed by atoms with Crippen molar-refractivity contribution in [3.05, 3.63) is 59.8 Å². The van der Waals surface area contributed by atoms with Crippen molar-refractivity contribution >= 4 is 11.7 Å². The van der Waals surface area contributed by atoms with E-state index in [0.717, 1.165) is 56.9 Å². The van der Waals surface area contributed by atoms with Crippen molar-refractivity contribution in [2.45, 2.75) is 38.3 Å². The number of pyridine rings is 1. The number of aromatic nitrogens is 1. The second-order valence-corrected chi connectivity index (χ2v) is 7.61. The Morgan fingerprint density at radius 2 is 1.78 bits per heavy atom. The average molecular weight is 364 g/mol. The Bertz CT molecular complexity index is 750. The minimum atomic E-state index is 0.0354. The maximum atomic E-state index is 12.5. The molecule has 4 rings (SSSR count). The Morgan fingerprint density at radius 1 is 1.04 bits per heavy atom. The first kappa shape index (κ1) is 18.0. The van der Waals surface area contributed by atoms with E-state index in [4.69, 9.17) is 0 Å². The molecule has 0 spiro atoms. The van der Waals surface area contributed by atoms with Gasteiger partial charge in [0.2, 0.25) is 0 Å². The molecule has 1 aromatic carbocycles. The molecule has 1 N–H and O–H groups in total. The first-order valence-corrected chi connectivity index (χ1v) is 10.1. The van der Waals surface area contributed by atoms with Crippen LogP contribution in [0.4, 0.5) is 5.82 Å². The van der Waals surface area contributed by atoms with Crippen LogP contribution in [0.1, 0.15) is 41.6 Å². The number of piperazine rings is 1. The maximum absolute atomic E-state index is 12.5. The Hall–Kier alpha value is -2.40. The third kappa shape index (κ3) is 4.66. The molecular formula is C22H28N4O. The molecule has 0 unspecified atom stereocenters. The Morgan fingerprint density at radius 3 is 2.52 bits per heavy atom. The topological polar surface area (TPSA) is 48.5 Å². The summed E-state index contributed by atoms with van der Waals surface area (Å²) in [5.74, 6) is 0.946. The monoisotopic (exact) mass is 364 g/mol. The van der Waals surface area contributed by atoms with Crippen LogP contribution >= 0.6 is 0 Å². The van der Waals surface area contributed by atoms with Gasteiger partial charge in [0, 0.05) is 50.5 Å². The van der Waals surface area contributed by atoms with Crippen LogP contribution in [0.5, 0.6) is 0 Å². The van der Waals surface area contributed by atoms with Gasteiger partial charge in [0.1, 0.15) is 5.82 Å². The maximum Gasteiger partial charge on any atom is 0.251 e. The number of hydrogen-bond donors (Lipinski definition) is 1. The molecule has 142 valence electrons. The molecule has 1 saturated heterocycles. The van der Waals surface area contributed by atoms with E-state index in [-0.39, 0.29) is 5.91 Å². The van der Waals surface area contributed by atoms with Crippen molar-refractivity contribution in [1.29, 1.82) is 0 Å². The highest BCUT2D eigenvalue weighted by Crippen LogP contribution is 2.20. The fraction of sp³-hybridized carbons (Fsp3) is 0.455. The van der Waals surface area contributed by atoms with Gasteiger partial charge in [-0.15, -0.1) is 0 Å². The van der Waals surface area contributed by atoms with E-state index < -0.39 is 0 Å². The molecule has 2 fully saturated rings. The predicted molar refractivity (Wildman–Crippen MR) is 108 cm³/mol. The van der Waals surface area contributed by atoms with Crippen LogP contribution in [0, 0.1) is 0 Å². The van der Waals surface area contributed by atoms with E-state index in [0.29, 0.717) is 6.04 Å². The molecule has 2 aliphatic rings. The highest BCUT2D eigenvalue weighted by Gasteiger charge is 2.21. The summed E-state index contributed by atoms with van der Waals surface area (Å²) in [7, 11) is 0. The van der Waals surface area contributed by atoms with Gasteiger partial charge in [-0.05, 0) is 30.5 Å². The average Bonchev–Trinajstić information content (AvgIpc) is 3.22. The lowest BCUT2D eigenvalue weighted by Crippen LogP contribution is -2.46. The zero-order valence-electron chi connectivity index (χ0n) is 15.8. The van der Waals surface area contributed by atoms with Crippen molar-refractivity contribution in [3.63, 3.8) is 0 Å². The van der Waals surface area contributed by atoms with Crippen LogP contribution in [-0.4, -0.2) is 48.0 Å². The lowest BCUT2D eigenvalue weighted by atomic mass is 10.2. The fourth-order valence-electron chi connectivity index (χ4n) is 4.05. The second-order valence-electron chi connectivity index (χ2n) is 7.61. The summed E-state index contributed by atoms with van der Waals surface area (Å²) in [6.07, 6.45) is 6.41. The molecule has 5 heteroatoms. The van der Waals surface area contributed by atoms with E-state index >= 15 is 0 Å². The van der Waals surface area contributed by atoms with E-state index in [1.807, 2.05) is 12.1 Å². The Kier molecular flexibility index (Phi) is 5.68. The minimum Gasteiger partial charge on any atom is -0.354 e. The molecule has 5 nitrogen and oxygen atoms in total. The molecule has 0 bridgehead atoms. The molecule has 1 saturated carbocycles. The predicted octanol–water partition coefficient (Wildman–Crippen LogP) is 3.08. The van der Waals surface area contributed by atoms with Crippen LogP contribution in [0.3, 0.4) is 0 Å². The van der Waals surface area contributed by atoms with Crippen molar-refractivity contribution in [1.82, 2.24) is 15.2 Å². The number of rotatable bonds is 5. The van der Waals surface area contributed by atoms with Gasteiger partial charge in [-0.3, -0.25) is 9.69 Å². The molecule has 0 atom stereocenters. The number of carbonyl (C=O) groups is 1. The first-order chi connectivity index (χ1) is 13.3. The molecule has 1 aromatic heterocycles. The normalized spacial score (nSPS) is 18.6. The molecule has 0 radical (unpaired) electrons. The number of nitrogens with zero attached hydrogens (tertiary/aromatic N) is 3. The summed E-state index contributed by atoms with van der Waals surface area (Å²) in [4.78, 5) is 21.8. The van der Waals surface area contributed by atoms with Gasteiger partial charge in [0.25, 0.3) is 5.91 Å². The van der Waals surface area contributed by atoms with Crippen molar-refractivity contribution < 1.29 is 4.79 Å². The molecule has 2 aromatic rings. The summed E-state index contributed by atoms with van der Waals surface area (Å²) in [6, 6.07) is 14.7. The van der Waals surface area contributed by atoms with Gasteiger partial charge >= 0.3 is 0 Å². The van der Waals surface area contributed by atoms with Gasteiger partial charge in [0.05, 0.1) is 0 Å². The summed E-state index contributed by atoms with van der Waals surface area (Å²) in [5, 5.41) is 3.17. The highest BCUT2D eigenvalue weighted by atomic mass is 16.1. The van der Waals surface area contributed by atoms with Gasteiger partial charge in [0.15, 0.2) is 0 Å². The summed E-state index contributed by atoms with van der Waals surface area (Å²) >= 11 is 0. The Labute approximate surface area is 161 Å². The summed E-state index contributed by atoms with van der Waals surface area (Å²) in [6.45, 7) is 4.89. The number of carbonyl (C=O) groups excluding carboxylic acids is 1. The second kappa shape index (κ2) is 8.53. The van der Waals surface area contributed by atoms with Gasteiger partial charge in [-0.1, -0.05) is 43.2 Å². The van der Waals surface area contributed by atoms with Crippen LogP contribution in [0.2, 0.25) is 0 Å². The van der Waals surface area contributed by atoms with E-state index in [1.165, 1.54) is 18.4 Å². The van der Waals surface area contributed by atoms with E-state index in [2.05, 4.69) is 50.4 Å². The van der Waals surface area contributed by atoms with E-state index in [1.54, 1.807) is 6.20 Å². The van der Waals surface area contributed by atoms with Crippen molar-refractivity contribution in [2.24, 2.45) is 0 Å². The van der Waals surface area contributed by atoms with Gasteiger partial charge < -0.3 is 10.2 Å². The highest BCUT2D eigenvalue weighted by molar-refractivity contribution is 5.95. The number of amides is 1. The SMILES string of the molecule is O=C(NC1CCCC1)c1ccnc(N2CCN(Cc3ccccc3)CC2)c1. The molecule has 1 aliphatic heterocycles. The smallest absolute Gasteiger partial charge is 0.251 e. The van der Waals surface area contributed by atoms with Gasteiger partial charge in [-0.2, -0.15) is 0 Å². The van der Waals surface area contributed by atoms with Crippen LogP contribution < -0.4 is 10.2 Å². The van der Waals surface area contributed by atoms with Crippen LogP contribution in [-0.2, 0) is 6.54 Å². The minimum absolute atomic E-state index is 0.0354. The number of benzene rings is 1. The number of hydrogen-bond acceptors (Lipinski definition) is 4. The first-order valence-electron chi connectivity index (χ1n) is 10.1. The van der Waals surface area contributed by atoms with Crippen molar-refractivity contribution in [3.8, 4) is 0 Å². The van der Waals surface area contributed by atoms with Crippen LogP contribution in [0.15, 0.2) is 48.7 Å². The molecule has 2 heterocycles. The third-order valence-corrected chi connectivity index (χ3v) is 5.64. The molecular weight excluding hydrogens is 336 g/mol. The summed E-state index contributed by atoms with van der Waals surface area (Å²) < 4.78 is 0. The fourth-order valence-corrected chi connectivity index (χ4v) is 4.05. The lowest BCUT2D eigenvalue weighted by molar-refractivity contribution is 0.0938. The van der Waals surface area contributed by atoms with Crippen LogP contribution in [0.25, 0.3) is 0 Å². The van der Waals surface area contributed by atoms with Crippen molar-refractivity contribution in [2.75, 3.05) is 31.1 Å².